The number of amides is 1. The van der Waals surface area contributed by atoms with Gasteiger partial charge in [-0.3, -0.25) is 4.79 Å². The summed E-state index contributed by atoms with van der Waals surface area (Å²) in [6, 6.07) is 4.96. The molecule has 2 aromatic heterocycles. The van der Waals surface area contributed by atoms with Gasteiger partial charge in [0.15, 0.2) is 5.75 Å². The maximum Gasteiger partial charge on any atom is 0.228 e. The number of carbonyl (C=O) groups is 1. The molecule has 108 valence electrons. The van der Waals surface area contributed by atoms with Crippen LogP contribution < -0.4 is 15.8 Å². The first-order chi connectivity index (χ1) is 10.1. The monoisotopic (exact) mass is 285 g/mol. The third-order valence-electron chi connectivity index (χ3n) is 3.11. The van der Waals surface area contributed by atoms with Crippen LogP contribution in [-0.2, 0) is 4.79 Å². The number of hydrogen-bond donors (Lipinski definition) is 2. The molecule has 0 atom stereocenters. The number of aryl methyl sites for hydroxylation is 1. The van der Waals surface area contributed by atoms with E-state index in [1.165, 1.54) is 6.33 Å². The SMILES string of the molecule is Cc1nc(N)ccc1Oc1cc(NC(=O)C2CC2)ncn1. The molecule has 1 aliphatic carbocycles. The fourth-order valence-electron chi connectivity index (χ4n) is 1.83. The molecule has 0 bridgehead atoms. The van der Waals surface area contributed by atoms with E-state index in [1.54, 1.807) is 25.1 Å². The molecule has 7 heteroatoms. The zero-order chi connectivity index (χ0) is 14.8. The quantitative estimate of drug-likeness (QED) is 0.889. The first-order valence-corrected chi connectivity index (χ1v) is 6.66. The van der Waals surface area contributed by atoms with Crippen molar-refractivity contribution in [3.63, 3.8) is 0 Å². The highest BCUT2D eigenvalue weighted by Gasteiger charge is 2.29. The van der Waals surface area contributed by atoms with Crippen molar-refractivity contribution >= 4 is 17.5 Å². The second-order valence-electron chi connectivity index (χ2n) is 4.93. The molecule has 0 radical (unpaired) electrons. The van der Waals surface area contributed by atoms with Gasteiger partial charge in [-0.05, 0) is 31.9 Å². The molecule has 3 N–H and O–H groups in total. The van der Waals surface area contributed by atoms with Gasteiger partial charge in [0.25, 0.3) is 0 Å². The number of nitrogen functional groups attached to an aromatic ring is 1. The Balaban J connectivity index is 1.74. The number of ether oxygens (including phenoxy) is 1. The highest BCUT2D eigenvalue weighted by Crippen LogP contribution is 2.30. The molecule has 0 aliphatic heterocycles. The van der Waals surface area contributed by atoms with Crippen molar-refractivity contribution < 1.29 is 9.53 Å². The normalized spacial score (nSPS) is 13.8. The van der Waals surface area contributed by atoms with Gasteiger partial charge in [-0.1, -0.05) is 0 Å². The van der Waals surface area contributed by atoms with Crippen molar-refractivity contribution in [2.75, 3.05) is 11.1 Å². The summed E-state index contributed by atoms with van der Waals surface area (Å²) in [4.78, 5) is 23.8. The molecule has 0 saturated heterocycles. The van der Waals surface area contributed by atoms with Crippen LogP contribution in [0.25, 0.3) is 0 Å². The molecular formula is C14H15N5O2. The first kappa shape index (κ1) is 13.3. The van der Waals surface area contributed by atoms with Gasteiger partial charge in [0, 0.05) is 12.0 Å². The minimum absolute atomic E-state index is 0.00928. The van der Waals surface area contributed by atoms with Crippen molar-refractivity contribution in [1.29, 1.82) is 0 Å². The fraction of sp³-hybridized carbons (Fsp3) is 0.286. The predicted octanol–water partition coefficient (Wildman–Crippen LogP) is 1.90. The van der Waals surface area contributed by atoms with Gasteiger partial charge in [0.05, 0.1) is 5.69 Å². The van der Waals surface area contributed by atoms with Crippen molar-refractivity contribution in [3.05, 3.63) is 30.2 Å². The lowest BCUT2D eigenvalue weighted by Crippen LogP contribution is -2.14. The topological polar surface area (TPSA) is 103 Å². The second kappa shape index (κ2) is 5.35. The summed E-state index contributed by atoms with van der Waals surface area (Å²) in [7, 11) is 0. The van der Waals surface area contributed by atoms with E-state index in [-0.39, 0.29) is 11.8 Å². The van der Waals surface area contributed by atoms with Crippen LogP contribution in [0.5, 0.6) is 11.6 Å². The van der Waals surface area contributed by atoms with E-state index in [4.69, 9.17) is 10.5 Å². The van der Waals surface area contributed by atoms with Crippen molar-refractivity contribution in [1.82, 2.24) is 15.0 Å². The number of hydrogen-bond acceptors (Lipinski definition) is 6. The van der Waals surface area contributed by atoms with Gasteiger partial charge in [-0.25, -0.2) is 15.0 Å². The molecule has 1 fully saturated rings. The Morgan fingerprint density at radius 2 is 2.19 bits per heavy atom. The van der Waals surface area contributed by atoms with E-state index >= 15 is 0 Å². The Morgan fingerprint density at radius 1 is 1.38 bits per heavy atom. The number of anilines is 2. The number of nitrogens with one attached hydrogen (secondary N) is 1. The van der Waals surface area contributed by atoms with Gasteiger partial charge in [-0.2, -0.15) is 0 Å². The van der Waals surface area contributed by atoms with E-state index in [9.17, 15) is 4.79 Å². The Labute approximate surface area is 121 Å². The van der Waals surface area contributed by atoms with Crippen LogP contribution in [0.1, 0.15) is 18.5 Å². The Hall–Kier alpha value is -2.70. The van der Waals surface area contributed by atoms with Crippen molar-refractivity contribution in [2.24, 2.45) is 5.92 Å². The third kappa shape index (κ3) is 3.25. The largest absolute Gasteiger partial charge is 0.437 e. The predicted molar refractivity (Wildman–Crippen MR) is 76.8 cm³/mol. The summed E-state index contributed by atoms with van der Waals surface area (Å²) >= 11 is 0. The molecule has 21 heavy (non-hydrogen) atoms. The van der Waals surface area contributed by atoms with Crippen LogP contribution in [-0.4, -0.2) is 20.9 Å². The Bertz CT molecular complexity index is 685. The maximum atomic E-state index is 11.7. The van der Waals surface area contributed by atoms with E-state index in [0.29, 0.717) is 29.0 Å². The highest BCUT2D eigenvalue weighted by molar-refractivity contribution is 5.93. The van der Waals surface area contributed by atoms with Gasteiger partial charge < -0.3 is 15.8 Å². The smallest absolute Gasteiger partial charge is 0.228 e. The van der Waals surface area contributed by atoms with Gasteiger partial charge in [-0.15, -0.1) is 0 Å². The Morgan fingerprint density at radius 3 is 2.90 bits per heavy atom. The molecule has 1 aliphatic rings. The van der Waals surface area contributed by atoms with Crippen LogP contribution in [0.4, 0.5) is 11.6 Å². The molecule has 2 heterocycles. The maximum absolute atomic E-state index is 11.7. The highest BCUT2D eigenvalue weighted by atomic mass is 16.5. The van der Waals surface area contributed by atoms with Crippen molar-refractivity contribution in [3.8, 4) is 11.6 Å². The average molecular weight is 285 g/mol. The van der Waals surface area contributed by atoms with Gasteiger partial charge in [0.1, 0.15) is 18.0 Å². The van der Waals surface area contributed by atoms with Gasteiger partial charge in [0.2, 0.25) is 11.8 Å². The number of aromatic nitrogens is 3. The molecule has 2 aromatic rings. The third-order valence-corrected chi connectivity index (χ3v) is 3.11. The van der Waals surface area contributed by atoms with Crippen LogP contribution in [0.2, 0.25) is 0 Å². The van der Waals surface area contributed by atoms with Crippen LogP contribution in [0.3, 0.4) is 0 Å². The lowest BCUT2D eigenvalue weighted by atomic mass is 10.3. The van der Waals surface area contributed by atoms with Gasteiger partial charge >= 0.3 is 0 Å². The molecule has 1 amide bonds. The summed E-state index contributed by atoms with van der Waals surface area (Å²) in [5.41, 5.74) is 6.26. The summed E-state index contributed by atoms with van der Waals surface area (Å²) in [6.45, 7) is 1.79. The minimum Gasteiger partial charge on any atom is -0.437 e. The molecule has 7 nitrogen and oxygen atoms in total. The van der Waals surface area contributed by atoms with E-state index < -0.39 is 0 Å². The molecule has 3 rings (SSSR count). The number of pyridine rings is 1. The zero-order valence-electron chi connectivity index (χ0n) is 11.5. The van der Waals surface area contributed by atoms with E-state index in [0.717, 1.165) is 12.8 Å². The first-order valence-electron chi connectivity index (χ1n) is 6.66. The van der Waals surface area contributed by atoms with Crippen molar-refractivity contribution in [2.45, 2.75) is 19.8 Å². The number of nitrogens with two attached hydrogens (primary N) is 1. The van der Waals surface area contributed by atoms with E-state index in [1.807, 2.05) is 0 Å². The number of nitrogens with zero attached hydrogens (tertiary/aromatic N) is 3. The molecule has 0 unspecified atom stereocenters. The fourth-order valence-corrected chi connectivity index (χ4v) is 1.83. The summed E-state index contributed by atoms with van der Waals surface area (Å²) < 4.78 is 5.64. The summed E-state index contributed by atoms with van der Waals surface area (Å²) in [6.07, 6.45) is 3.23. The molecule has 0 aromatic carbocycles. The molecular weight excluding hydrogens is 270 g/mol. The van der Waals surface area contributed by atoms with Crippen LogP contribution in [0, 0.1) is 12.8 Å². The summed E-state index contributed by atoms with van der Waals surface area (Å²) in [5, 5.41) is 2.75. The lowest BCUT2D eigenvalue weighted by molar-refractivity contribution is -0.117. The lowest BCUT2D eigenvalue weighted by Gasteiger charge is -2.09. The number of rotatable bonds is 4. The second-order valence-corrected chi connectivity index (χ2v) is 4.93. The van der Waals surface area contributed by atoms with Crippen LogP contribution in [0.15, 0.2) is 24.5 Å². The molecule has 1 saturated carbocycles. The van der Waals surface area contributed by atoms with Crippen LogP contribution >= 0.6 is 0 Å². The zero-order valence-corrected chi connectivity index (χ0v) is 11.5. The van der Waals surface area contributed by atoms with E-state index in [2.05, 4.69) is 20.3 Å². The summed E-state index contributed by atoms with van der Waals surface area (Å²) in [5.74, 6) is 1.86. The standard InChI is InChI=1S/C14H15N5O2/c1-8-10(4-5-11(15)18-8)21-13-6-12(16-7-17-13)19-14(20)9-2-3-9/h4-7,9H,2-3H2,1H3,(H2,15,18)(H,16,17,19,20). The minimum atomic E-state index is -0.00928. The molecule has 0 spiro atoms. The Kier molecular flexibility index (Phi) is 3.39. The number of carbonyl (C=O) groups excluding carboxylic acids is 1. The average Bonchev–Trinajstić information content (AvgIpc) is 3.27.